The molecule has 2 aliphatic heterocycles. The van der Waals surface area contributed by atoms with E-state index < -0.39 is 5.41 Å². The molecule has 2 saturated heterocycles. The SMILES string of the molecule is C=CCc1cc(C2(c3cc(N)c(OCC4CO4)c(I)c3)c3ccccc3-c3ccccc32)cc(C)c1OCC1CO1. The lowest BCUT2D eigenvalue weighted by Crippen LogP contribution is -2.29. The van der Waals surface area contributed by atoms with E-state index in [0.717, 1.165) is 39.2 Å². The Morgan fingerprint density at radius 2 is 1.44 bits per heavy atom. The minimum atomic E-state index is -0.585. The van der Waals surface area contributed by atoms with Gasteiger partial charge in [0.1, 0.15) is 31.2 Å². The second-order valence-electron chi connectivity index (χ2n) is 11.0. The second kappa shape index (κ2) is 10.5. The first-order valence-electron chi connectivity index (χ1n) is 14.0. The Morgan fingerprint density at radius 3 is 2.00 bits per heavy atom. The van der Waals surface area contributed by atoms with Crippen LogP contribution >= 0.6 is 22.6 Å². The Labute approximate surface area is 254 Å². The summed E-state index contributed by atoms with van der Waals surface area (Å²) in [6, 6.07) is 26.4. The van der Waals surface area contributed by atoms with Crippen LogP contribution < -0.4 is 15.2 Å². The number of benzene rings is 4. The normalized spacial score (nSPS) is 19.3. The van der Waals surface area contributed by atoms with Crippen molar-refractivity contribution in [2.24, 2.45) is 0 Å². The summed E-state index contributed by atoms with van der Waals surface area (Å²) in [5, 5.41) is 0. The van der Waals surface area contributed by atoms with Gasteiger partial charge in [-0.25, -0.2) is 0 Å². The van der Waals surface area contributed by atoms with Crippen LogP contribution in [0.1, 0.15) is 33.4 Å². The monoisotopic (exact) mass is 657 g/mol. The van der Waals surface area contributed by atoms with E-state index >= 15 is 0 Å². The number of halogens is 1. The zero-order chi connectivity index (χ0) is 28.1. The average molecular weight is 658 g/mol. The Hall–Kier alpha value is -3.33. The molecule has 5 nitrogen and oxygen atoms in total. The number of ether oxygens (including phenoxy) is 4. The lowest BCUT2D eigenvalue weighted by molar-refractivity contribution is 0.260. The molecule has 0 saturated carbocycles. The molecular formula is C35H32INO4. The smallest absolute Gasteiger partial charge is 0.155 e. The number of epoxide rings is 2. The van der Waals surface area contributed by atoms with Crippen molar-refractivity contribution in [1.29, 1.82) is 0 Å². The van der Waals surface area contributed by atoms with Crippen molar-refractivity contribution >= 4 is 28.3 Å². The van der Waals surface area contributed by atoms with Gasteiger partial charge in [0.05, 0.1) is 27.9 Å². The van der Waals surface area contributed by atoms with Gasteiger partial charge in [0.2, 0.25) is 0 Å². The maximum Gasteiger partial charge on any atom is 0.155 e. The number of rotatable bonds is 10. The van der Waals surface area contributed by atoms with Gasteiger partial charge < -0.3 is 24.7 Å². The van der Waals surface area contributed by atoms with Gasteiger partial charge in [0, 0.05) is 0 Å². The van der Waals surface area contributed by atoms with E-state index in [0.29, 0.717) is 31.1 Å². The van der Waals surface area contributed by atoms with Crippen LogP contribution in [0.2, 0.25) is 0 Å². The molecule has 4 aromatic carbocycles. The van der Waals surface area contributed by atoms with Crippen molar-refractivity contribution in [3.05, 3.63) is 122 Å². The highest BCUT2D eigenvalue weighted by atomic mass is 127. The molecular weight excluding hydrogens is 625 g/mol. The van der Waals surface area contributed by atoms with Crippen LogP contribution in [0.5, 0.6) is 11.5 Å². The van der Waals surface area contributed by atoms with Gasteiger partial charge in [-0.2, -0.15) is 0 Å². The standard InChI is InChI=1S/C35H32INO4/c1-3-8-22-14-23(13-21(2)33(22)40-19-25-17-38-25)35(24-15-31(36)34(32(37)16-24)41-20-26-18-39-26)29-11-6-4-9-27(29)28-10-5-7-12-30(28)35/h3-7,9-16,25-26H,1,8,17-20,37H2,2H3. The van der Waals surface area contributed by atoms with E-state index in [2.05, 4.69) is 109 Å². The maximum absolute atomic E-state index is 6.76. The predicted molar refractivity (Wildman–Crippen MR) is 170 cm³/mol. The average Bonchev–Trinajstić information content (AvgIpc) is 3.90. The molecule has 6 heteroatoms. The van der Waals surface area contributed by atoms with Crippen LogP contribution in [0.3, 0.4) is 0 Å². The summed E-state index contributed by atoms with van der Waals surface area (Å²) in [5.74, 6) is 1.63. The van der Waals surface area contributed by atoms with Crippen molar-refractivity contribution in [3.8, 4) is 22.6 Å². The minimum Gasteiger partial charge on any atom is -0.490 e. The molecule has 0 aromatic heterocycles. The topological polar surface area (TPSA) is 69.5 Å². The van der Waals surface area contributed by atoms with Gasteiger partial charge in [-0.3, -0.25) is 0 Å². The number of aryl methyl sites for hydroxylation is 1. The van der Waals surface area contributed by atoms with Gasteiger partial charge >= 0.3 is 0 Å². The quantitative estimate of drug-likeness (QED) is 0.0773. The largest absolute Gasteiger partial charge is 0.490 e. The molecule has 41 heavy (non-hydrogen) atoms. The molecule has 208 valence electrons. The van der Waals surface area contributed by atoms with E-state index in [1.54, 1.807) is 0 Å². The lowest BCUT2D eigenvalue weighted by Gasteiger charge is -2.35. The summed E-state index contributed by atoms with van der Waals surface area (Å²) < 4.78 is 24.2. The van der Waals surface area contributed by atoms with E-state index in [1.807, 2.05) is 6.08 Å². The number of fused-ring (bicyclic) bond motifs is 3. The Balaban J connectivity index is 1.47. The van der Waals surface area contributed by atoms with Gasteiger partial charge in [0.25, 0.3) is 0 Å². The van der Waals surface area contributed by atoms with Crippen LogP contribution in [0.25, 0.3) is 11.1 Å². The van der Waals surface area contributed by atoms with E-state index in [4.69, 9.17) is 24.7 Å². The molecule has 1 aliphatic carbocycles. The van der Waals surface area contributed by atoms with E-state index in [-0.39, 0.29) is 12.2 Å². The molecule has 7 rings (SSSR count). The number of hydrogen-bond donors (Lipinski definition) is 1. The van der Waals surface area contributed by atoms with Gasteiger partial charge in [-0.15, -0.1) is 6.58 Å². The molecule has 2 fully saturated rings. The highest BCUT2D eigenvalue weighted by molar-refractivity contribution is 14.1. The zero-order valence-electron chi connectivity index (χ0n) is 23.0. The number of nitrogen functional groups attached to an aromatic ring is 1. The second-order valence-corrected chi connectivity index (χ2v) is 12.2. The van der Waals surface area contributed by atoms with Gasteiger partial charge in [-0.1, -0.05) is 66.7 Å². The highest BCUT2D eigenvalue weighted by Gasteiger charge is 2.47. The summed E-state index contributed by atoms with van der Waals surface area (Å²) in [5.41, 5.74) is 16.2. The first-order chi connectivity index (χ1) is 20.0. The first-order valence-corrected chi connectivity index (χ1v) is 15.1. The van der Waals surface area contributed by atoms with Crippen molar-refractivity contribution in [3.63, 3.8) is 0 Å². The highest BCUT2D eigenvalue weighted by Crippen LogP contribution is 2.57. The van der Waals surface area contributed by atoms with E-state index in [9.17, 15) is 0 Å². The molecule has 0 bridgehead atoms. The number of hydrogen-bond acceptors (Lipinski definition) is 5. The Bertz CT molecular complexity index is 1590. The molecule has 0 spiro atoms. The van der Waals surface area contributed by atoms with Crippen molar-refractivity contribution in [2.45, 2.75) is 31.0 Å². The third-order valence-electron chi connectivity index (χ3n) is 8.24. The summed E-state index contributed by atoms with van der Waals surface area (Å²) >= 11 is 2.35. The zero-order valence-corrected chi connectivity index (χ0v) is 25.1. The van der Waals surface area contributed by atoms with E-state index in [1.165, 1.54) is 27.8 Å². The van der Waals surface area contributed by atoms with Crippen LogP contribution in [0, 0.1) is 10.5 Å². The van der Waals surface area contributed by atoms with Crippen molar-refractivity contribution in [1.82, 2.24) is 0 Å². The van der Waals surface area contributed by atoms with Crippen molar-refractivity contribution in [2.75, 3.05) is 32.2 Å². The summed E-state index contributed by atoms with van der Waals surface area (Å²) in [7, 11) is 0. The van der Waals surface area contributed by atoms with Crippen molar-refractivity contribution < 1.29 is 18.9 Å². The molecule has 2 atom stereocenters. The summed E-state index contributed by atoms with van der Waals surface area (Å²) in [4.78, 5) is 0. The summed E-state index contributed by atoms with van der Waals surface area (Å²) in [6.45, 7) is 8.76. The fourth-order valence-corrected chi connectivity index (χ4v) is 7.07. The Kier molecular flexibility index (Phi) is 6.80. The molecule has 2 N–H and O–H groups in total. The molecule has 0 amide bonds. The van der Waals surface area contributed by atoms with Crippen LogP contribution in [-0.4, -0.2) is 38.6 Å². The van der Waals surface area contributed by atoms with Gasteiger partial charge in [-0.05, 0) is 92.6 Å². The van der Waals surface area contributed by atoms with Crippen LogP contribution in [-0.2, 0) is 21.3 Å². The van der Waals surface area contributed by atoms with Gasteiger partial charge in [0.15, 0.2) is 5.75 Å². The molecule has 4 aromatic rings. The number of nitrogens with two attached hydrogens (primary N) is 1. The fraction of sp³-hybridized carbons (Fsp3) is 0.257. The minimum absolute atomic E-state index is 0.156. The summed E-state index contributed by atoms with van der Waals surface area (Å²) in [6.07, 6.45) is 2.98. The molecule has 3 aliphatic rings. The molecule has 2 unspecified atom stereocenters. The lowest BCUT2D eigenvalue weighted by atomic mass is 9.67. The third kappa shape index (κ3) is 4.62. The predicted octanol–water partition coefficient (Wildman–Crippen LogP) is 6.83. The van der Waals surface area contributed by atoms with Crippen LogP contribution in [0.4, 0.5) is 5.69 Å². The Morgan fingerprint density at radius 1 is 0.878 bits per heavy atom. The first kappa shape index (κ1) is 26.6. The number of anilines is 1. The third-order valence-corrected chi connectivity index (χ3v) is 9.04. The number of allylic oxidation sites excluding steroid dienone is 1. The molecule has 0 radical (unpaired) electrons. The van der Waals surface area contributed by atoms with Crippen LogP contribution in [0.15, 0.2) is 85.5 Å². The fourth-order valence-electron chi connectivity index (χ4n) is 6.27. The maximum atomic E-state index is 6.76. The molecule has 2 heterocycles.